The third-order valence-electron chi connectivity index (χ3n) is 2.74. The number of nitrogens with zero attached hydrogens (tertiary/aromatic N) is 2. The SMILES string of the molecule is Cc1nnsc1C(O)c1cccc2ccsc12. The van der Waals surface area contributed by atoms with E-state index in [-0.39, 0.29) is 0 Å². The smallest absolute Gasteiger partial charge is 0.118 e. The fraction of sp³-hybridized carbons (Fsp3) is 0.167. The quantitative estimate of drug-likeness (QED) is 0.771. The minimum absolute atomic E-state index is 0.627. The molecule has 0 bridgehead atoms. The summed E-state index contributed by atoms with van der Waals surface area (Å²) >= 11 is 2.91. The summed E-state index contributed by atoms with van der Waals surface area (Å²) in [6, 6.07) is 8.05. The Kier molecular flexibility index (Phi) is 2.66. The molecule has 2 aromatic heterocycles. The number of aryl methyl sites for hydroxylation is 1. The van der Waals surface area contributed by atoms with Crippen LogP contribution in [0, 0.1) is 6.92 Å². The number of aromatic nitrogens is 2. The lowest BCUT2D eigenvalue weighted by Gasteiger charge is -2.10. The van der Waals surface area contributed by atoms with Gasteiger partial charge >= 0.3 is 0 Å². The number of fused-ring (bicyclic) bond motifs is 1. The molecule has 86 valence electrons. The zero-order valence-corrected chi connectivity index (χ0v) is 10.8. The summed E-state index contributed by atoms with van der Waals surface area (Å²) < 4.78 is 5.00. The molecule has 5 heteroatoms. The van der Waals surface area contributed by atoms with Gasteiger partial charge in [0.05, 0.1) is 10.6 Å². The van der Waals surface area contributed by atoms with Crippen LogP contribution in [0.5, 0.6) is 0 Å². The summed E-state index contributed by atoms with van der Waals surface area (Å²) in [6.07, 6.45) is -0.627. The number of aliphatic hydroxyl groups excluding tert-OH is 1. The lowest BCUT2D eigenvalue weighted by molar-refractivity contribution is 0.225. The van der Waals surface area contributed by atoms with E-state index < -0.39 is 6.10 Å². The Hall–Kier alpha value is -1.30. The van der Waals surface area contributed by atoms with Crippen molar-refractivity contribution < 1.29 is 5.11 Å². The monoisotopic (exact) mass is 262 g/mol. The molecule has 0 radical (unpaired) electrons. The fourth-order valence-corrected chi connectivity index (χ4v) is 3.45. The van der Waals surface area contributed by atoms with Crippen LogP contribution in [0.1, 0.15) is 22.2 Å². The third-order valence-corrected chi connectivity index (χ3v) is 4.60. The summed E-state index contributed by atoms with van der Waals surface area (Å²) in [4.78, 5) is 0.825. The van der Waals surface area contributed by atoms with Gasteiger partial charge in [-0.05, 0) is 35.3 Å². The normalized spacial score (nSPS) is 13.1. The highest BCUT2D eigenvalue weighted by atomic mass is 32.1. The van der Waals surface area contributed by atoms with E-state index in [1.165, 1.54) is 16.9 Å². The number of hydrogen-bond acceptors (Lipinski definition) is 5. The van der Waals surface area contributed by atoms with E-state index in [0.29, 0.717) is 0 Å². The summed E-state index contributed by atoms with van der Waals surface area (Å²) in [7, 11) is 0. The van der Waals surface area contributed by atoms with Crippen molar-refractivity contribution in [2.75, 3.05) is 0 Å². The molecule has 0 aliphatic rings. The largest absolute Gasteiger partial charge is 0.383 e. The highest BCUT2D eigenvalue weighted by molar-refractivity contribution is 7.17. The molecule has 0 spiro atoms. The highest BCUT2D eigenvalue weighted by Gasteiger charge is 2.18. The van der Waals surface area contributed by atoms with Crippen LogP contribution >= 0.6 is 22.9 Å². The van der Waals surface area contributed by atoms with Gasteiger partial charge in [0.15, 0.2) is 0 Å². The van der Waals surface area contributed by atoms with E-state index in [1.807, 2.05) is 24.4 Å². The molecule has 0 amide bonds. The number of hydrogen-bond donors (Lipinski definition) is 1. The summed E-state index contributed by atoms with van der Waals surface area (Å²) in [5.74, 6) is 0. The summed E-state index contributed by atoms with van der Waals surface area (Å²) in [6.45, 7) is 1.87. The van der Waals surface area contributed by atoms with Gasteiger partial charge in [-0.15, -0.1) is 16.4 Å². The van der Waals surface area contributed by atoms with Crippen molar-refractivity contribution in [1.82, 2.24) is 9.59 Å². The molecule has 1 N–H and O–H groups in total. The summed E-state index contributed by atoms with van der Waals surface area (Å²) in [5, 5.41) is 17.6. The Morgan fingerprint density at radius 1 is 1.29 bits per heavy atom. The van der Waals surface area contributed by atoms with Crippen molar-refractivity contribution in [3.8, 4) is 0 Å². The van der Waals surface area contributed by atoms with Crippen LogP contribution in [0.25, 0.3) is 10.1 Å². The zero-order chi connectivity index (χ0) is 11.8. The molecule has 0 aliphatic carbocycles. The molecule has 1 atom stereocenters. The second kappa shape index (κ2) is 4.18. The molecule has 3 nitrogen and oxygen atoms in total. The van der Waals surface area contributed by atoms with E-state index in [1.54, 1.807) is 11.3 Å². The Morgan fingerprint density at radius 3 is 2.94 bits per heavy atom. The average molecular weight is 262 g/mol. The molecule has 1 unspecified atom stereocenters. The molecule has 3 aromatic rings. The summed E-state index contributed by atoms with van der Waals surface area (Å²) in [5.41, 5.74) is 1.74. The van der Waals surface area contributed by atoms with E-state index >= 15 is 0 Å². The average Bonchev–Trinajstić information content (AvgIpc) is 2.95. The lowest BCUT2D eigenvalue weighted by atomic mass is 10.1. The molecule has 2 heterocycles. The van der Waals surface area contributed by atoms with Crippen molar-refractivity contribution in [3.63, 3.8) is 0 Å². The molecular weight excluding hydrogens is 252 g/mol. The van der Waals surface area contributed by atoms with Gasteiger partial charge in [0.25, 0.3) is 0 Å². The molecule has 0 fully saturated rings. The maximum Gasteiger partial charge on any atom is 0.118 e. The Bertz CT molecular complexity index is 659. The van der Waals surface area contributed by atoms with E-state index in [4.69, 9.17) is 0 Å². The zero-order valence-electron chi connectivity index (χ0n) is 9.12. The van der Waals surface area contributed by atoms with Gasteiger partial charge in [0, 0.05) is 10.3 Å². The molecule has 0 saturated heterocycles. The van der Waals surface area contributed by atoms with Crippen molar-refractivity contribution in [2.45, 2.75) is 13.0 Å². The van der Waals surface area contributed by atoms with Crippen molar-refractivity contribution in [1.29, 1.82) is 0 Å². The predicted octanol–water partition coefficient (Wildman–Crippen LogP) is 3.14. The Balaban J connectivity index is 2.15. The van der Waals surface area contributed by atoms with E-state index in [0.717, 1.165) is 20.8 Å². The standard InChI is InChI=1S/C12H10N2OS2/c1-7-11(17-14-13-7)10(15)9-4-2-3-8-5-6-16-12(8)9/h2-6,10,15H,1H3. The van der Waals surface area contributed by atoms with Crippen LogP contribution in [-0.2, 0) is 0 Å². The molecule has 1 aromatic carbocycles. The Labute approximate surface area is 107 Å². The van der Waals surface area contributed by atoms with Gasteiger partial charge in [-0.25, -0.2) is 0 Å². The van der Waals surface area contributed by atoms with Gasteiger partial charge in [-0.2, -0.15) is 0 Å². The van der Waals surface area contributed by atoms with Crippen molar-refractivity contribution in [3.05, 3.63) is 45.8 Å². The van der Waals surface area contributed by atoms with Gasteiger partial charge < -0.3 is 5.11 Å². The van der Waals surface area contributed by atoms with E-state index in [2.05, 4.69) is 21.7 Å². The van der Waals surface area contributed by atoms with Crippen LogP contribution in [0.4, 0.5) is 0 Å². The molecular formula is C12H10N2OS2. The van der Waals surface area contributed by atoms with Crippen LogP contribution in [0.15, 0.2) is 29.6 Å². The minimum atomic E-state index is -0.627. The predicted molar refractivity (Wildman–Crippen MR) is 70.5 cm³/mol. The second-order valence-corrected chi connectivity index (χ2v) is 5.51. The number of aliphatic hydroxyl groups is 1. The van der Waals surface area contributed by atoms with Crippen LogP contribution in [0.3, 0.4) is 0 Å². The van der Waals surface area contributed by atoms with E-state index in [9.17, 15) is 5.11 Å². The van der Waals surface area contributed by atoms with Crippen molar-refractivity contribution in [2.24, 2.45) is 0 Å². The number of benzene rings is 1. The van der Waals surface area contributed by atoms with Crippen molar-refractivity contribution >= 4 is 33.0 Å². The molecule has 0 saturated carbocycles. The first-order chi connectivity index (χ1) is 8.27. The third kappa shape index (κ3) is 1.76. The fourth-order valence-electron chi connectivity index (χ4n) is 1.86. The van der Waals surface area contributed by atoms with Crippen LogP contribution in [0.2, 0.25) is 0 Å². The first-order valence-electron chi connectivity index (χ1n) is 5.20. The maximum atomic E-state index is 10.4. The second-order valence-electron chi connectivity index (χ2n) is 3.81. The molecule has 17 heavy (non-hydrogen) atoms. The van der Waals surface area contributed by atoms with Crippen LogP contribution in [-0.4, -0.2) is 14.7 Å². The number of rotatable bonds is 2. The Morgan fingerprint density at radius 2 is 2.18 bits per heavy atom. The lowest BCUT2D eigenvalue weighted by Crippen LogP contribution is -1.99. The molecule has 0 aliphatic heterocycles. The first kappa shape index (κ1) is 10.8. The first-order valence-corrected chi connectivity index (χ1v) is 6.85. The van der Waals surface area contributed by atoms with Gasteiger partial charge in [0.2, 0.25) is 0 Å². The molecule has 3 rings (SSSR count). The number of thiophene rings is 1. The minimum Gasteiger partial charge on any atom is -0.383 e. The van der Waals surface area contributed by atoms with Gasteiger partial charge in [-0.1, -0.05) is 22.7 Å². The van der Waals surface area contributed by atoms with Crippen LogP contribution < -0.4 is 0 Å². The maximum absolute atomic E-state index is 10.4. The highest BCUT2D eigenvalue weighted by Crippen LogP contribution is 2.34. The van der Waals surface area contributed by atoms with Gasteiger partial charge in [0.1, 0.15) is 6.10 Å². The van der Waals surface area contributed by atoms with Gasteiger partial charge in [-0.3, -0.25) is 0 Å². The topological polar surface area (TPSA) is 46.0 Å².